The Balaban J connectivity index is 2.49. The van der Waals surface area contributed by atoms with Gasteiger partial charge in [-0.05, 0) is 11.5 Å². The number of fused-ring (bicyclic) bond motifs is 1. The molecular weight excluding hydrogens is 242 g/mol. The topological polar surface area (TPSA) is 118 Å². The van der Waals surface area contributed by atoms with E-state index < -0.39 is 5.84 Å². The van der Waals surface area contributed by atoms with Crippen molar-refractivity contribution in [2.24, 2.45) is 10.8 Å². The van der Waals surface area contributed by atoms with Crippen molar-refractivity contribution in [2.45, 2.75) is 0 Å². The van der Waals surface area contributed by atoms with Gasteiger partial charge in [0, 0.05) is 5.39 Å². The van der Waals surface area contributed by atoms with Gasteiger partial charge in [-0.25, -0.2) is 0 Å². The average Bonchev–Trinajstić information content (AvgIpc) is 2.41. The van der Waals surface area contributed by atoms with E-state index in [4.69, 9.17) is 16.4 Å². The van der Waals surface area contributed by atoms with Crippen molar-refractivity contribution >= 4 is 28.0 Å². The van der Waals surface area contributed by atoms with Gasteiger partial charge in [0.25, 0.3) is 0 Å². The van der Waals surface area contributed by atoms with Crippen molar-refractivity contribution in [3.8, 4) is 11.8 Å². The molecule has 0 saturated carbocycles. The number of nitrogens with one attached hydrogen (secondary N) is 2. The van der Waals surface area contributed by atoms with E-state index in [1.54, 1.807) is 12.1 Å². The molecule has 5 N–H and O–H groups in total. The number of nitrogens with two attached hydrogens (primary N) is 1. The number of benzene rings is 2. The summed E-state index contributed by atoms with van der Waals surface area (Å²) in [4.78, 5) is 0. The first-order valence-corrected chi connectivity index (χ1v) is 5.42. The molecule has 0 amide bonds. The minimum atomic E-state index is -0.435. The summed E-state index contributed by atoms with van der Waals surface area (Å²) in [5, 5.41) is 31.1. The van der Waals surface area contributed by atoms with Gasteiger partial charge in [-0.2, -0.15) is 10.4 Å². The molecule has 0 bridgehead atoms. The Kier molecular flexibility index (Phi) is 3.30. The average molecular weight is 253 g/mol. The SMILES string of the molecule is N#C/C(=N\Nc1c(O)ccc2ccccc12)C(=N)N. The second-order valence-electron chi connectivity index (χ2n) is 3.78. The highest BCUT2D eigenvalue weighted by molar-refractivity contribution is 6.45. The molecular formula is C13H11N5O. The second kappa shape index (κ2) is 5.06. The van der Waals surface area contributed by atoms with Crippen molar-refractivity contribution in [3.63, 3.8) is 0 Å². The number of hydrazone groups is 1. The third-order valence-corrected chi connectivity index (χ3v) is 2.55. The normalized spacial score (nSPS) is 11.0. The van der Waals surface area contributed by atoms with Crippen molar-refractivity contribution in [1.29, 1.82) is 10.7 Å². The highest BCUT2D eigenvalue weighted by Crippen LogP contribution is 2.32. The molecule has 2 aromatic carbocycles. The van der Waals surface area contributed by atoms with E-state index in [2.05, 4.69) is 10.5 Å². The molecule has 2 rings (SSSR count). The summed E-state index contributed by atoms with van der Waals surface area (Å²) in [6.07, 6.45) is 0. The van der Waals surface area contributed by atoms with Crippen molar-refractivity contribution in [2.75, 3.05) is 5.43 Å². The van der Waals surface area contributed by atoms with Crippen molar-refractivity contribution in [3.05, 3.63) is 36.4 Å². The van der Waals surface area contributed by atoms with Crippen LogP contribution in [0.15, 0.2) is 41.5 Å². The first-order chi connectivity index (χ1) is 9.13. The van der Waals surface area contributed by atoms with Gasteiger partial charge < -0.3 is 10.8 Å². The van der Waals surface area contributed by atoms with Crippen molar-refractivity contribution < 1.29 is 5.11 Å². The van der Waals surface area contributed by atoms with E-state index in [9.17, 15) is 5.11 Å². The zero-order valence-corrected chi connectivity index (χ0v) is 9.88. The second-order valence-corrected chi connectivity index (χ2v) is 3.78. The Morgan fingerprint density at radius 3 is 2.74 bits per heavy atom. The molecule has 0 saturated heterocycles. The lowest BCUT2D eigenvalue weighted by molar-refractivity contribution is 0.478. The van der Waals surface area contributed by atoms with Crippen LogP contribution in [-0.4, -0.2) is 16.7 Å². The molecule has 0 radical (unpaired) electrons. The number of amidine groups is 1. The standard InChI is InChI=1S/C13H11N5O/c14-7-10(13(15)16)17-18-12-9-4-2-1-3-8(9)5-6-11(12)19/h1-6,18-19H,(H3,15,16)/b17-10+. The van der Waals surface area contributed by atoms with Gasteiger partial charge in [0.05, 0.1) is 0 Å². The predicted octanol–water partition coefficient (Wildman–Crippen LogP) is 1.77. The van der Waals surface area contributed by atoms with E-state index >= 15 is 0 Å². The zero-order chi connectivity index (χ0) is 13.8. The van der Waals surface area contributed by atoms with Crippen LogP contribution in [0.3, 0.4) is 0 Å². The van der Waals surface area contributed by atoms with E-state index in [0.717, 1.165) is 10.8 Å². The van der Waals surface area contributed by atoms with Gasteiger partial charge in [-0.15, -0.1) is 0 Å². The molecule has 2 aromatic rings. The molecule has 6 heteroatoms. The number of aromatic hydroxyl groups is 1. The van der Waals surface area contributed by atoms with Crippen LogP contribution in [0.5, 0.6) is 5.75 Å². The third-order valence-electron chi connectivity index (χ3n) is 2.55. The molecule has 0 atom stereocenters. The Bertz CT molecular complexity index is 715. The molecule has 0 spiro atoms. The van der Waals surface area contributed by atoms with Gasteiger partial charge in [0.2, 0.25) is 5.71 Å². The van der Waals surface area contributed by atoms with Crippen LogP contribution in [0.25, 0.3) is 10.8 Å². The van der Waals surface area contributed by atoms with Gasteiger partial charge in [0.15, 0.2) is 5.84 Å². The number of hydrogen-bond donors (Lipinski definition) is 4. The molecule has 94 valence electrons. The van der Waals surface area contributed by atoms with E-state index in [1.165, 1.54) is 6.07 Å². The Morgan fingerprint density at radius 1 is 1.32 bits per heavy atom. The minimum absolute atomic E-state index is 0.00305. The summed E-state index contributed by atoms with van der Waals surface area (Å²) in [7, 11) is 0. The number of phenols is 1. The minimum Gasteiger partial charge on any atom is -0.506 e. The quantitative estimate of drug-likeness (QED) is 0.288. The molecule has 0 heterocycles. The molecule has 19 heavy (non-hydrogen) atoms. The summed E-state index contributed by atoms with van der Waals surface area (Å²) in [6, 6.07) is 12.4. The zero-order valence-electron chi connectivity index (χ0n) is 9.88. The monoisotopic (exact) mass is 253 g/mol. The maximum absolute atomic E-state index is 9.83. The molecule has 0 aliphatic carbocycles. The fourth-order valence-electron chi connectivity index (χ4n) is 1.63. The highest BCUT2D eigenvalue weighted by Gasteiger charge is 2.07. The summed E-state index contributed by atoms with van der Waals surface area (Å²) < 4.78 is 0. The van der Waals surface area contributed by atoms with Crippen LogP contribution in [0.2, 0.25) is 0 Å². The lowest BCUT2D eigenvalue weighted by Gasteiger charge is -2.08. The summed E-state index contributed by atoms with van der Waals surface area (Å²) >= 11 is 0. The highest BCUT2D eigenvalue weighted by atomic mass is 16.3. The first-order valence-electron chi connectivity index (χ1n) is 5.42. The number of nitriles is 1. The maximum Gasteiger partial charge on any atom is 0.201 e. The molecule has 6 nitrogen and oxygen atoms in total. The van der Waals surface area contributed by atoms with Gasteiger partial charge in [-0.1, -0.05) is 30.3 Å². The Morgan fingerprint density at radius 2 is 2.05 bits per heavy atom. The van der Waals surface area contributed by atoms with Crippen LogP contribution in [0.4, 0.5) is 5.69 Å². The Labute approximate surface area is 109 Å². The van der Waals surface area contributed by atoms with Gasteiger partial charge in [0.1, 0.15) is 17.5 Å². The number of phenolic OH excluding ortho intramolecular Hbond substituents is 1. The van der Waals surface area contributed by atoms with E-state index in [1.807, 2.05) is 24.3 Å². The van der Waals surface area contributed by atoms with Crippen LogP contribution in [0.1, 0.15) is 0 Å². The fourth-order valence-corrected chi connectivity index (χ4v) is 1.63. The number of rotatable bonds is 3. The lowest BCUT2D eigenvalue weighted by Crippen LogP contribution is -2.21. The maximum atomic E-state index is 9.83. The predicted molar refractivity (Wildman–Crippen MR) is 74.2 cm³/mol. The molecule has 0 aliphatic heterocycles. The fraction of sp³-hybridized carbons (Fsp3) is 0. The smallest absolute Gasteiger partial charge is 0.201 e. The molecule has 0 aromatic heterocycles. The van der Waals surface area contributed by atoms with Crippen LogP contribution in [-0.2, 0) is 0 Å². The van der Waals surface area contributed by atoms with Crippen LogP contribution in [0, 0.1) is 16.7 Å². The van der Waals surface area contributed by atoms with Crippen LogP contribution >= 0.6 is 0 Å². The molecule has 0 unspecified atom stereocenters. The Hall–Kier alpha value is -3.07. The number of anilines is 1. The molecule has 0 fully saturated rings. The van der Waals surface area contributed by atoms with Gasteiger partial charge in [-0.3, -0.25) is 10.8 Å². The summed E-state index contributed by atoms with van der Waals surface area (Å²) in [5.74, 6) is -0.432. The molecule has 0 aliphatic rings. The van der Waals surface area contributed by atoms with E-state index in [-0.39, 0.29) is 11.5 Å². The largest absolute Gasteiger partial charge is 0.506 e. The van der Waals surface area contributed by atoms with E-state index in [0.29, 0.717) is 5.69 Å². The number of nitrogens with zero attached hydrogens (tertiary/aromatic N) is 2. The van der Waals surface area contributed by atoms with Crippen LogP contribution < -0.4 is 11.2 Å². The lowest BCUT2D eigenvalue weighted by atomic mass is 10.1. The van der Waals surface area contributed by atoms with Gasteiger partial charge >= 0.3 is 0 Å². The first kappa shape index (κ1) is 12.4. The summed E-state index contributed by atoms with van der Waals surface area (Å²) in [5.41, 5.74) is 7.90. The van der Waals surface area contributed by atoms with Crippen molar-refractivity contribution in [1.82, 2.24) is 0 Å². The third kappa shape index (κ3) is 2.45. The number of hydrogen-bond acceptors (Lipinski definition) is 5. The summed E-state index contributed by atoms with van der Waals surface area (Å²) in [6.45, 7) is 0.